The highest BCUT2D eigenvalue weighted by atomic mass is 16.2. The van der Waals surface area contributed by atoms with Gasteiger partial charge in [0.15, 0.2) is 0 Å². The third-order valence-corrected chi connectivity index (χ3v) is 3.85. The summed E-state index contributed by atoms with van der Waals surface area (Å²) < 4.78 is 0. The fourth-order valence-corrected chi connectivity index (χ4v) is 2.81. The van der Waals surface area contributed by atoms with Gasteiger partial charge in [0.25, 0.3) is 0 Å². The SMILES string of the molecule is OCCCC1CCN(N2CCNCC2)CC1. The second kappa shape index (κ2) is 6.55. The molecule has 2 heterocycles. The maximum absolute atomic E-state index is 8.83. The molecular weight excluding hydrogens is 202 g/mol. The van der Waals surface area contributed by atoms with Gasteiger partial charge in [-0.3, -0.25) is 0 Å². The summed E-state index contributed by atoms with van der Waals surface area (Å²) in [7, 11) is 0. The standard InChI is InChI=1S/C12H25N3O/c16-11-1-2-12-3-7-14(8-4-12)15-9-5-13-6-10-15/h12-13,16H,1-11H2. The molecule has 0 aromatic rings. The summed E-state index contributed by atoms with van der Waals surface area (Å²) in [5.41, 5.74) is 0. The normalized spacial score (nSPS) is 26.1. The summed E-state index contributed by atoms with van der Waals surface area (Å²) in [6.07, 6.45) is 4.82. The second-order valence-electron chi connectivity index (χ2n) is 4.97. The lowest BCUT2D eigenvalue weighted by Crippen LogP contribution is -2.54. The maximum Gasteiger partial charge on any atom is 0.0431 e. The van der Waals surface area contributed by atoms with Crippen LogP contribution in [0.5, 0.6) is 0 Å². The van der Waals surface area contributed by atoms with Crippen molar-refractivity contribution in [2.45, 2.75) is 25.7 Å². The molecule has 0 bridgehead atoms. The van der Waals surface area contributed by atoms with Crippen LogP contribution in [-0.2, 0) is 0 Å². The lowest BCUT2D eigenvalue weighted by atomic mass is 9.93. The number of hydrogen-bond donors (Lipinski definition) is 2. The molecule has 94 valence electrons. The Kier molecular flexibility index (Phi) is 5.03. The molecule has 2 N–H and O–H groups in total. The summed E-state index contributed by atoms with van der Waals surface area (Å²) in [5, 5.41) is 17.3. The van der Waals surface area contributed by atoms with Gasteiger partial charge < -0.3 is 10.4 Å². The van der Waals surface area contributed by atoms with Crippen molar-refractivity contribution in [3.8, 4) is 0 Å². The van der Waals surface area contributed by atoms with E-state index in [2.05, 4.69) is 15.3 Å². The van der Waals surface area contributed by atoms with E-state index in [-0.39, 0.29) is 0 Å². The summed E-state index contributed by atoms with van der Waals surface area (Å²) in [6, 6.07) is 0. The van der Waals surface area contributed by atoms with E-state index < -0.39 is 0 Å². The van der Waals surface area contributed by atoms with Crippen molar-refractivity contribution < 1.29 is 5.11 Å². The van der Waals surface area contributed by atoms with Crippen LogP contribution in [0.1, 0.15) is 25.7 Å². The highest BCUT2D eigenvalue weighted by Crippen LogP contribution is 2.22. The van der Waals surface area contributed by atoms with Crippen LogP contribution >= 0.6 is 0 Å². The molecule has 2 fully saturated rings. The average Bonchev–Trinajstić information content (AvgIpc) is 2.38. The predicted octanol–water partition coefficient (Wildman–Crippen LogP) is 0.291. The van der Waals surface area contributed by atoms with E-state index >= 15 is 0 Å². The van der Waals surface area contributed by atoms with Gasteiger partial charge in [-0.1, -0.05) is 0 Å². The van der Waals surface area contributed by atoms with Gasteiger partial charge in [0.1, 0.15) is 0 Å². The number of hydrogen-bond acceptors (Lipinski definition) is 4. The Hall–Kier alpha value is -0.160. The molecule has 0 aromatic carbocycles. The first-order valence-electron chi connectivity index (χ1n) is 6.71. The number of aliphatic hydroxyl groups excluding tert-OH is 1. The molecule has 4 nitrogen and oxygen atoms in total. The topological polar surface area (TPSA) is 38.7 Å². The van der Waals surface area contributed by atoms with Gasteiger partial charge >= 0.3 is 0 Å². The fourth-order valence-electron chi connectivity index (χ4n) is 2.81. The van der Waals surface area contributed by atoms with Gasteiger partial charge in [0.2, 0.25) is 0 Å². The minimum Gasteiger partial charge on any atom is -0.396 e. The predicted molar refractivity (Wildman–Crippen MR) is 65.1 cm³/mol. The minimum atomic E-state index is 0.359. The molecule has 0 radical (unpaired) electrons. The van der Waals surface area contributed by atoms with E-state index in [1.54, 1.807) is 0 Å². The lowest BCUT2D eigenvalue weighted by molar-refractivity contribution is -0.0573. The number of piperidine rings is 1. The van der Waals surface area contributed by atoms with Crippen molar-refractivity contribution in [1.82, 2.24) is 15.3 Å². The fraction of sp³-hybridized carbons (Fsp3) is 1.00. The van der Waals surface area contributed by atoms with Crippen molar-refractivity contribution in [2.24, 2.45) is 5.92 Å². The molecule has 0 atom stereocenters. The lowest BCUT2D eigenvalue weighted by Gasteiger charge is -2.41. The zero-order valence-corrected chi connectivity index (χ0v) is 10.2. The molecule has 0 aliphatic carbocycles. The summed E-state index contributed by atoms with van der Waals surface area (Å²) in [6.45, 7) is 7.39. The van der Waals surface area contributed by atoms with Crippen LogP contribution in [0.3, 0.4) is 0 Å². The number of rotatable bonds is 4. The van der Waals surface area contributed by atoms with E-state index in [0.717, 1.165) is 25.4 Å². The Morgan fingerprint density at radius 3 is 2.25 bits per heavy atom. The molecule has 0 aromatic heterocycles. The van der Waals surface area contributed by atoms with Crippen LogP contribution in [0, 0.1) is 5.92 Å². The quantitative estimate of drug-likeness (QED) is 0.724. The molecule has 16 heavy (non-hydrogen) atoms. The molecular formula is C12H25N3O. The van der Waals surface area contributed by atoms with Gasteiger partial charge in [-0.05, 0) is 31.6 Å². The highest BCUT2D eigenvalue weighted by Gasteiger charge is 2.23. The first kappa shape index (κ1) is 12.3. The van der Waals surface area contributed by atoms with Crippen LogP contribution in [0.15, 0.2) is 0 Å². The van der Waals surface area contributed by atoms with Gasteiger partial charge in [-0.2, -0.15) is 0 Å². The third kappa shape index (κ3) is 3.42. The Morgan fingerprint density at radius 1 is 1.00 bits per heavy atom. The molecule has 0 saturated carbocycles. The van der Waals surface area contributed by atoms with E-state index in [0.29, 0.717) is 6.61 Å². The zero-order chi connectivity index (χ0) is 11.2. The molecule has 4 heteroatoms. The third-order valence-electron chi connectivity index (χ3n) is 3.85. The highest BCUT2D eigenvalue weighted by molar-refractivity contribution is 4.74. The van der Waals surface area contributed by atoms with E-state index in [9.17, 15) is 0 Å². The van der Waals surface area contributed by atoms with E-state index in [1.807, 2.05) is 0 Å². The largest absolute Gasteiger partial charge is 0.396 e. The summed E-state index contributed by atoms with van der Waals surface area (Å²) in [5.74, 6) is 0.853. The number of nitrogens with zero attached hydrogens (tertiary/aromatic N) is 2. The van der Waals surface area contributed by atoms with Crippen LogP contribution in [0.4, 0.5) is 0 Å². The zero-order valence-electron chi connectivity index (χ0n) is 10.2. The molecule has 0 amide bonds. The number of piperazine rings is 1. The molecule has 2 saturated heterocycles. The number of nitrogens with one attached hydrogen (secondary N) is 1. The van der Waals surface area contributed by atoms with Crippen molar-refractivity contribution in [3.05, 3.63) is 0 Å². The van der Waals surface area contributed by atoms with Crippen LogP contribution < -0.4 is 5.32 Å². The average molecular weight is 227 g/mol. The first-order chi connectivity index (χ1) is 7.90. The van der Waals surface area contributed by atoms with Crippen LogP contribution in [-0.4, -0.2) is 61.0 Å². The van der Waals surface area contributed by atoms with Gasteiger partial charge in [0.05, 0.1) is 0 Å². The Balaban J connectivity index is 1.67. The van der Waals surface area contributed by atoms with Crippen molar-refractivity contribution in [3.63, 3.8) is 0 Å². The van der Waals surface area contributed by atoms with Crippen molar-refractivity contribution in [2.75, 3.05) is 45.9 Å². The molecule has 0 spiro atoms. The van der Waals surface area contributed by atoms with Gasteiger partial charge in [0, 0.05) is 45.9 Å². The van der Waals surface area contributed by atoms with E-state index in [1.165, 1.54) is 45.4 Å². The maximum atomic E-state index is 8.83. The smallest absolute Gasteiger partial charge is 0.0431 e. The number of aliphatic hydroxyl groups is 1. The monoisotopic (exact) mass is 227 g/mol. The van der Waals surface area contributed by atoms with Crippen molar-refractivity contribution >= 4 is 0 Å². The molecule has 2 aliphatic heterocycles. The Bertz CT molecular complexity index is 187. The summed E-state index contributed by atoms with van der Waals surface area (Å²) >= 11 is 0. The van der Waals surface area contributed by atoms with Crippen LogP contribution in [0.25, 0.3) is 0 Å². The Labute approximate surface area is 98.6 Å². The number of hydrazine groups is 1. The van der Waals surface area contributed by atoms with E-state index in [4.69, 9.17) is 5.11 Å². The van der Waals surface area contributed by atoms with Gasteiger partial charge in [-0.15, -0.1) is 0 Å². The minimum absolute atomic E-state index is 0.359. The molecule has 2 aliphatic rings. The second-order valence-corrected chi connectivity index (χ2v) is 4.97. The molecule has 0 unspecified atom stereocenters. The summed E-state index contributed by atoms with van der Waals surface area (Å²) in [4.78, 5) is 0. The molecule has 2 rings (SSSR count). The Morgan fingerprint density at radius 2 is 1.62 bits per heavy atom. The van der Waals surface area contributed by atoms with Crippen molar-refractivity contribution in [1.29, 1.82) is 0 Å². The van der Waals surface area contributed by atoms with Crippen LogP contribution in [0.2, 0.25) is 0 Å². The van der Waals surface area contributed by atoms with Gasteiger partial charge in [-0.25, -0.2) is 10.0 Å². The first-order valence-corrected chi connectivity index (χ1v) is 6.71.